The first kappa shape index (κ1) is 13.6. The quantitative estimate of drug-likeness (QED) is 0.576. The minimum absolute atomic E-state index is 0.426. The summed E-state index contributed by atoms with van der Waals surface area (Å²) in [5.41, 5.74) is 0. The van der Waals surface area contributed by atoms with Crippen LogP contribution in [-0.4, -0.2) is 51.3 Å². The van der Waals surface area contributed by atoms with E-state index >= 15 is 0 Å². The molecule has 0 spiro atoms. The third-order valence-corrected chi connectivity index (χ3v) is 4.28. The Bertz CT molecular complexity index is 276. The van der Waals surface area contributed by atoms with Crippen molar-refractivity contribution in [1.82, 2.24) is 9.62 Å². The fourth-order valence-electron chi connectivity index (χ4n) is 1.69. The lowest BCUT2D eigenvalue weighted by atomic mass is 10.1. The van der Waals surface area contributed by atoms with E-state index < -0.39 is 10.0 Å². The van der Waals surface area contributed by atoms with Gasteiger partial charge in [-0.1, -0.05) is 0 Å². The van der Waals surface area contributed by atoms with Crippen molar-refractivity contribution in [3.63, 3.8) is 0 Å². The zero-order valence-electron chi connectivity index (χ0n) is 8.78. The van der Waals surface area contributed by atoms with Crippen molar-refractivity contribution in [3.05, 3.63) is 0 Å². The summed E-state index contributed by atoms with van der Waals surface area (Å²) >= 11 is 1.87. The molecule has 0 atom stereocenters. The van der Waals surface area contributed by atoms with Crippen molar-refractivity contribution in [2.75, 3.05) is 32.5 Å². The Hall–Kier alpha value is 0.560. The van der Waals surface area contributed by atoms with E-state index in [1.807, 2.05) is 23.0 Å². The summed E-state index contributed by atoms with van der Waals surface area (Å²) in [5, 5.41) is 3.34. The predicted molar refractivity (Wildman–Crippen MR) is 67.4 cm³/mol. The van der Waals surface area contributed by atoms with Crippen LogP contribution in [0, 0.1) is 0 Å². The summed E-state index contributed by atoms with van der Waals surface area (Å²) in [4.78, 5) is 0. The molecule has 0 aromatic heterocycles. The van der Waals surface area contributed by atoms with Gasteiger partial charge in [-0.2, -0.15) is 0 Å². The molecule has 1 N–H and O–H groups in total. The number of hydrogen-bond acceptors (Lipinski definition) is 4. The van der Waals surface area contributed by atoms with Crippen molar-refractivity contribution < 1.29 is 11.5 Å². The number of hydrogen-bond donors (Lipinski definition) is 1. The lowest BCUT2D eigenvalue weighted by Crippen LogP contribution is -2.45. The Balaban J connectivity index is 2.24. The number of rotatable bonds is 5. The number of sulfonamides is 1. The number of nitrogens with zero attached hydrogens (tertiary/aromatic N) is 1. The first-order valence-electron chi connectivity index (χ1n) is 4.96. The molecule has 90 valence electrons. The number of nitrogens with one attached hydrogen (secondary N) is 1. The number of piperidine rings is 1. The molecule has 0 radical (unpaired) electrons. The highest BCUT2D eigenvalue weighted by molar-refractivity contribution is 14.1. The summed E-state index contributed by atoms with van der Waals surface area (Å²) in [7, 11) is -2.99. The molecule has 0 aromatic rings. The van der Waals surface area contributed by atoms with Crippen molar-refractivity contribution in [3.8, 4) is 0 Å². The fourth-order valence-corrected chi connectivity index (χ4v) is 2.79. The Labute approximate surface area is 105 Å². The van der Waals surface area contributed by atoms with E-state index in [2.05, 4.69) is 5.32 Å². The normalized spacial score (nSPS) is 20.7. The fraction of sp³-hybridized carbons (Fsp3) is 1.00. The molecule has 0 aliphatic carbocycles. The Kier molecular flexibility index (Phi) is 5.75. The highest BCUT2D eigenvalue weighted by Gasteiger charge is 2.24. The maximum Gasteiger partial charge on any atom is 0.211 e. The van der Waals surface area contributed by atoms with Crippen LogP contribution < -0.4 is 5.32 Å². The molecule has 1 aliphatic rings. The second-order valence-corrected chi connectivity index (χ2v) is 6.31. The van der Waals surface area contributed by atoms with Crippen LogP contribution in [0.4, 0.5) is 0 Å². The largest absolute Gasteiger partial charge is 0.314 e. The Morgan fingerprint density at radius 2 is 2.07 bits per heavy atom. The van der Waals surface area contributed by atoms with Crippen molar-refractivity contribution in [2.45, 2.75) is 18.9 Å². The molecule has 0 aromatic carbocycles. The average molecular weight is 348 g/mol. The molecule has 0 amide bonds. The van der Waals surface area contributed by atoms with E-state index in [0.29, 0.717) is 25.7 Å². The molecule has 5 nitrogen and oxygen atoms in total. The zero-order chi connectivity index (χ0) is 11.3. The van der Waals surface area contributed by atoms with Crippen LogP contribution >= 0.6 is 23.0 Å². The van der Waals surface area contributed by atoms with E-state index in [-0.39, 0.29) is 0 Å². The minimum Gasteiger partial charge on any atom is -0.314 e. The maximum absolute atomic E-state index is 11.2. The molecular weight excluding hydrogens is 331 g/mol. The lowest BCUT2D eigenvalue weighted by Gasteiger charge is -2.30. The van der Waals surface area contributed by atoms with Gasteiger partial charge in [0.05, 0.1) is 12.9 Å². The molecule has 1 fully saturated rings. The van der Waals surface area contributed by atoms with Crippen LogP contribution in [0.25, 0.3) is 0 Å². The second kappa shape index (κ2) is 6.33. The van der Waals surface area contributed by atoms with Gasteiger partial charge < -0.3 is 8.38 Å². The van der Waals surface area contributed by atoms with Crippen LogP contribution in [-0.2, 0) is 13.1 Å². The molecule has 1 heterocycles. The molecule has 0 saturated carbocycles. The van der Waals surface area contributed by atoms with Crippen molar-refractivity contribution in [1.29, 1.82) is 0 Å². The Morgan fingerprint density at radius 1 is 1.47 bits per heavy atom. The molecule has 15 heavy (non-hydrogen) atoms. The Morgan fingerprint density at radius 3 is 2.53 bits per heavy atom. The second-order valence-electron chi connectivity index (χ2n) is 3.70. The van der Waals surface area contributed by atoms with Gasteiger partial charge in [0.2, 0.25) is 10.0 Å². The van der Waals surface area contributed by atoms with E-state index in [9.17, 15) is 8.42 Å². The summed E-state index contributed by atoms with van der Waals surface area (Å²) in [5.74, 6) is 0. The SMILES string of the molecule is CS(=O)(=O)N1CCC(NCCOI)CC1. The van der Waals surface area contributed by atoms with Crippen LogP contribution in [0.1, 0.15) is 12.8 Å². The molecule has 0 unspecified atom stereocenters. The van der Waals surface area contributed by atoms with E-state index in [1.165, 1.54) is 6.26 Å². The van der Waals surface area contributed by atoms with Gasteiger partial charge in [-0.05, 0) is 12.8 Å². The van der Waals surface area contributed by atoms with Gasteiger partial charge in [0.15, 0.2) is 0 Å². The molecule has 1 rings (SSSR count). The first-order chi connectivity index (χ1) is 7.04. The van der Waals surface area contributed by atoms with Crippen LogP contribution in [0.3, 0.4) is 0 Å². The molecule has 1 saturated heterocycles. The molecule has 1 aliphatic heterocycles. The highest BCUT2D eigenvalue weighted by atomic mass is 127. The summed E-state index contributed by atoms with van der Waals surface area (Å²) in [6.45, 7) is 2.77. The zero-order valence-corrected chi connectivity index (χ0v) is 11.8. The van der Waals surface area contributed by atoms with Gasteiger partial charge in [0, 0.05) is 25.7 Å². The van der Waals surface area contributed by atoms with Gasteiger partial charge in [-0.25, -0.2) is 12.7 Å². The summed E-state index contributed by atoms with van der Waals surface area (Å²) in [6.07, 6.45) is 3.04. The van der Waals surface area contributed by atoms with Gasteiger partial charge >= 0.3 is 0 Å². The summed E-state index contributed by atoms with van der Waals surface area (Å²) in [6, 6.07) is 0.426. The van der Waals surface area contributed by atoms with Gasteiger partial charge in [0.1, 0.15) is 23.0 Å². The van der Waals surface area contributed by atoms with Gasteiger partial charge in [-0.15, -0.1) is 0 Å². The predicted octanol–water partition coefficient (Wildman–Crippen LogP) is 0.367. The molecule has 0 bridgehead atoms. The highest BCUT2D eigenvalue weighted by Crippen LogP contribution is 2.12. The van der Waals surface area contributed by atoms with E-state index in [4.69, 9.17) is 3.07 Å². The number of halogens is 1. The van der Waals surface area contributed by atoms with Crippen LogP contribution in [0.5, 0.6) is 0 Å². The topological polar surface area (TPSA) is 58.6 Å². The van der Waals surface area contributed by atoms with Crippen LogP contribution in [0.2, 0.25) is 0 Å². The van der Waals surface area contributed by atoms with Gasteiger partial charge in [0.25, 0.3) is 0 Å². The smallest absolute Gasteiger partial charge is 0.211 e. The molecular formula is C8H17IN2O3S. The molecule has 7 heteroatoms. The lowest BCUT2D eigenvalue weighted by molar-refractivity contribution is 0.281. The van der Waals surface area contributed by atoms with Crippen molar-refractivity contribution in [2.24, 2.45) is 0 Å². The maximum atomic E-state index is 11.2. The van der Waals surface area contributed by atoms with Crippen LogP contribution in [0.15, 0.2) is 0 Å². The third-order valence-electron chi connectivity index (χ3n) is 2.54. The standard InChI is InChI=1S/C8H17IN2O3S/c1-15(12,13)11-5-2-8(3-6-11)10-4-7-14-9/h8,10H,2-7H2,1H3. The average Bonchev–Trinajstić information content (AvgIpc) is 2.18. The van der Waals surface area contributed by atoms with E-state index in [0.717, 1.165) is 19.4 Å². The minimum atomic E-state index is -2.99. The first-order valence-corrected chi connectivity index (χ1v) is 7.69. The summed E-state index contributed by atoms with van der Waals surface area (Å²) < 4.78 is 28.9. The van der Waals surface area contributed by atoms with Crippen molar-refractivity contribution >= 4 is 33.0 Å². The third kappa shape index (κ3) is 4.94. The van der Waals surface area contributed by atoms with E-state index in [1.54, 1.807) is 4.31 Å². The van der Waals surface area contributed by atoms with Gasteiger partial charge in [-0.3, -0.25) is 0 Å². The monoisotopic (exact) mass is 348 g/mol.